The average Bonchev–Trinajstić information content (AvgIpc) is 2.95. The predicted octanol–water partition coefficient (Wildman–Crippen LogP) is 4.21. The van der Waals surface area contributed by atoms with Crippen LogP contribution in [0.2, 0.25) is 0 Å². The molecule has 1 aromatic rings. The molecule has 2 saturated carbocycles. The summed E-state index contributed by atoms with van der Waals surface area (Å²) in [4.78, 5) is 1.42. The molecule has 2 aliphatic carbocycles. The quantitative estimate of drug-likeness (QED) is 0.885. The maximum Gasteiger partial charge on any atom is 0.0701 e. The summed E-state index contributed by atoms with van der Waals surface area (Å²) >= 11 is 5.34. The van der Waals surface area contributed by atoms with Crippen LogP contribution in [0.5, 0.6) is 0 Å². The minimum atomic E-state index is 0.366. The van der Waals surface area contributed by atoms with Gasteiger partial charge in [-0.3, -0.25) is 0 Å². The van der Waals surface area contributed by atoms with E-state index in [1.54, 1.807) is 0 Å². The van der Waals surface area contributed by atoms with Crippen LogP contribution in [0.4, 0.5) is 0 Å². The molecule has 2 N–H and O–H groups in total. The number of rotatable bonds is 4. The summed E-state index contributed by atoms with van der Waals surface area (Å²) in [5.74, 6) is 3.00. The van der Waals surface area contributed by atoms with Crippen molar-refractivity contribution in [2.45, 2.75) is 44.6 Å². The molecule has 1 heterocycles. The lowest BCUT2D eigenvalue weighted by Crippen LogP contribution is -2.27. The highest BCUT2D eigenvalue weighted by Crippen LogP contribution is 2.49. The molecule has 0 saturated heterocycles. The van der Waals surface area contributed by atoms with E-state index in [9.17, 15) is 0 Å². The van der Waals surface area contributed by atoms with Gasteiger partial charge in [0.25, 0.3) is 0 Å². The maximum atomic E-state index is 6.32. The third-order valence-corrected chi connectivity index (χ3v) is 6.23. The van der Waals surface area contributed by atoms with E-state index < -0.39 is 0 Å². The van der Waals surface area contributed by atoms with Gasteiger partial charge < -0.3 is 5.73 Å². The van der Waals surface area contributed by atoms with E-state index in [-0.39, 0.29) is 0 Å². The second-order valence-electron chi connectivity index (χ2n) is 5.84. The lowest BCUT2D eigenvalue weighted by Gasteiger charge is -2.24. The molecule has 0 spiro atoms. The Morgan fingerprint density at radius 1 is 1.35 bits per heavy atom. The van der Waals surface area contributed by atoms with Crippen molar-refractivity contribution in [3.05, 3.63) is 20.8 Å². The van der Waals surface area contributed by atoms with Gasteiger partial charge >= 0.3 is 0 Å². The van der Waals surface area contributed by atoms with Crippen LogP contribution in [0.25, 0.3) is 0 Å². The fraction of sp³-hybridized carbons (Fsp3) is 0.714. The van der Waals surface area contributed by atoms with Gasteiger partial charge in [0.2, 0.25) is 0 Å². The molecule has 2 bridgehead atoms. The van der Waals surface area contributed by atoms with Crippen molar-refractivity contribution in [2.75, 3.05) is 0 Å². The van der Waals surface area contributed by atoms with E-state index in [1.807, 2.05) is 11.3 Å². The summed E-state index contributed by atoms with van der Waals surface area (Å²) in [7, 11) is 0. The molecule has 94 valence electrons. The summed E-state index contributed by atoms with van der Waals surface area (Å²) < 4.78 is 1.22. The molecule has 3 rings (SSSR count). The van der Waals surface area contributed by atoms with Crippen LogP contribution in [0.3, 0.4) is 0 Å². The largest absolute Gasteiger partial charge is 0.327 e. The predicted molar refractivity (Wildman–Crippen MR) is 77.3 cm³/mol. The van der Waals surface area contributed by atoms with Crippen molar-refractivity contribution in [3.8, 4) is 0 Å². The first kappa shape index (κ1) is 12.2. The average molecular weight is 314 g/mol. The molecule has 2 fully saturated rings. The number of fused-ring (bicyclic) bond motifs is 2. The zero-order valence-electron chi connectivity index (χ0n) is 10.1. The molecule has 0 aromatic carbocycles. The number of thiophene rings is 1. The Bertz CT molecular complexity index is 389. The van der Waals surface area contributed by atoms with Gasteiger partial charge in [-0.05, 0) is 77.9 Å². The van der Waals surface area contributed by atoms with Crippen LogP contribution in [0.15, 0.2) is 15.9 Å². The molecule has 3 heteroatoms. The Morgan fingerprint density at radius 3 is 2.82 bits per heavy atom. The highest BCUT2D eigenvalue weighted by atomic mass is 79.9. The van der Waals surface area contributed by atoms with Gasteiger partial charge in [-0.1, -0.05) is 6.42 Å². The summed E-state index contributed by atoms with van der Waals surface area (Å²) in [6.07, 6.45) is 8.25. The van der Waals surface area contributed by atoms with Gasteiger partial charge in [-0.2, -0.15) is 0 Å². The Morgan fingerprint density at radius 2 is 2.24 bits per heavy atom. The van der Waals surface area contributed by atoms with Gasteiger partial charge in [-0.25, -0.2) is 0 Å². The third kappa shape index (κ3) is 2.77. The van der Waals surface area contributed by atoms with Gasteiger partial charge in [0.1, 0.15) is 0 Å². The van der Waals surface area contributed by atoms with Gasteiger partial charge in [0.05, 0.1) is 3.79 Å². The molecule has 4 unspecified atom stereocenters. The van der Waals surface area contributed by atoms with Gasteiger partial charge in [-0.15, -0.1) is 11.3 Å². The molecule has 17 heavy (non-hydrogen) atoms. The lowest BCUT2D eigenvalue weighted by atomic mass is 9.84. The van der Waals surface area contributed by atoms with Crippen molar-refractivity contribution >= 4 is 27.3 Å². The minimum Gasteiger partial charge on any atom is -0.327 e. The van der Waals surface area contributed by atoms with Crippen LogP contribution in [0.1, 0.15) is 37.0 Å². The van der Waals surface area contributed by atoms with Crippen molar-refractivity contribution in [1.82, 2.24) is 0 Å². The number of hydrogen-bond donors (Lipinski definition) is 1. The van der Waals surface area contributed by atoms with Crippen molar-refractivity contribution in [2.24, 2.45) is 23.5 Å². The monoisotopic (exact) mass is 313 g/mol. The summed E-state index contributed by atoms with van der Waals surface area (Å²) in [5.41, 5.74) is 6.32. The zero-order chi connectivity index (χ0) is 11.8. The molecule has 1 aromatic heterocycles. The molecule has 0 aliphatic heterocycles. The summed E-state index contributed by atoms with van der Waals surface area (Å²) in [6, 6.07) is 4.70. The maximum absolute atomic E-state index is 6.32. The summed E-state index contributed by atoms with van der Waals surface area (Å²) in [5, 5.41) is 0. The molecular weight excluding hydrogens is 294 g/mol. The fourth-order valence-electron chi connectivity index (χ4n) is 3.86. The van der Waals surface area contributed by atoms with E-state index in [1.165, 1.54) is 40.8 Å². The lowest BCUT2D eigenvalue weighted by molar-refractivity contribution is 0.294. The van der Waals surface area contributed by atoms with E-state index in [0.29, 0.717) is 6.04 Å². The molecule has 1 nitrogen and oxygen atoms in total. The Labute approximate surface area is 116 Å². The normalized spacial score (nSPS) is 33.2. The number of nitrogens with two attached hydrogens (primary N) is 1. The van der Waals surface area contributed by atoms with E-state index in [0.717, 1.165) is 24.2 Å². The van der Waals surface area contributed by atoms with E-state index in [4.69, 9.17) is 5.73 Å². The summed E-state index contributed by atoms with van der Waals surface area (Å²) in [6.45, 7) is 0. The number of halogens is 1. The second kappa shape index (κ2) is 5.02. The Balaban J connectivity index is 1.52. The third-order valence-electron chi connectivity index (χ3n) is 4.58. The Kier molecular flexibility index (Phi) is 3.60. The first-order chi connectivity index (χ1) is 8.20. The fourth-order valence-corrected chi connectivity index (χ4v) is 5.43. The Hall–Kier alpha value is 0.140. The molecule has 0 radical (unpaired) electrons. The van der Waals surface area contributed by atoms with E-state index in [2.05, 4.69) is 28.1 Å². The van der Waals surface area contributed by atoms with Crippen LogP contribution in [-0.4, -0.2) is 6.04 Å². The van der Waals surface area contributed by atoms with Gasteiger partial charge in [0, 0.05) is 10.9 Å². The van der Waals surface area contributed by atoms with E-state index >= 15 is 0 Å². The van der Waals surface area contributed by atoms with Gasteiger partial charge in [0.15, 0.2) is 0 Å². The highest BCUT2D eigenvalue weighted by molar-refractivity contribution is 9.11. The minimum absolute atomic E-state index is 0.366. The second-order valence-corrected chi connectivity index (χ2v) is 8.39. The molecule has 4 atom stereocenters. The SMILES string of the molecule is NC(Cc1ccc(Br)s1)CC1CC2CCC1C2. The standard InChI is InChI=1S/C14H20BrNS/c15-14-4-3-13(17-14)8-12(16)7-11-6-9-1-2-10(11)5-9/h3-4,9-12H,1-2,5-8,16H2. The smallest absolute Gasteiger partial charge is 0.0701 e. The van der Waals surface area contributed by atoms with Crippen molar-refractivity contribution < 1.29 is 0 Å². The van der Waals surface area contributed by atoms with Crippen LogP contribution in [0, 0.1) is 17.8 Å². The molecular formula is C14H20BrNS. The van der Waals surface area contributed by atoms with Crippen LogP contribution >= 0.6 is 27.3 Å². The van der Waals surface area contributed by atoms with Crippen molar-refractivity contribution in [1.29, 1.82) is 0 Å². The van der Waals surface area contributed by atoms with Crippen LogP contribution in [-0.2, 0) is 6.42 Å². The number of hydrogen-bond acceptors (Lipinski definition) is 2. The van der Waals surface area contributed by atoms with Crippen molar-refractivity contribution in [3.63, 3.8) is 0 Å². The highest BCUT2D eigenvalue weighted by Gasteiger charge is 2.39. The molecule has 2 aliphatic rings. The first-order valence-electron chi connectivity index (χ1n) is 6.70. The topological polar surface area (TPSA) is 26.0 Å². The first-order valence-corrected chi connectivity index (χ1v) is 8.31. The zero-order valence-corrected chi connectivity index (χ0v) is 12.5. The molecule has 0 amide bonds. The van der Waals surface area contributed by atoms with Crippen LogP contribution < -0.4 is 5.73 Å².